The van der Waals surface area contributed by atoms with Crippen molar-refractivity contribution in [3.8, 4) is 11.5 Å². The van der Waals surface area contributed by atoms with Crippen LogP contribution in [0.2, 0.25) is 0 Å². The summed E-state index contributed by atoms with van der Waals surface area (Å²) in [6, 6.07) is 11.8. The molecule has 0 radical (unpaired) electrons. The number of carbonyl (C=O) groups is 2. The van der Waals surface area contributed by atoms with E-state index in [1.165, 1.54) is 12.1 Å². The minimum Gasteiger partial charge on any atom is -0.493 e. The Morgan fingerprint density at radius 1 is 0.946 bits per heavy atom. The van der Waals surface area contributed by atoms with E-state index in [2.05, 4.69) is 5.32 Å². The van der Waals surface area contributed by atoms with Crippen LogP contribution >= 0.6 is 0 Å². The van der Waals surface area contributed by atoms with E-state index in [0.29, 0.717) is 40.3 Å². The molecule has 1 fully saturated rings. The van der Waals surface area contributed by atoms with E-state index in [-0.39, 0.29) is 30.0 Å². The van der Waals surface area contributed by atoms with Gasteiger partial charge in [0.25, 0.3) is 0 Å². The molecule has 0 spiro atoms. The van der Waals surface area contributed by atoms with Gasteiger partial charge < -0.3 is 19.5 Å². The van der Waals surface area contributed by atoms with Crippen LogP contribution in [0.3, 0.4) is 0 Å². The summed E-state index contributed by atoms with van der Waals surface area (Å²) in [4.78, 5) is 27.2. The molecule has 1 saturated carbocycles. The van der Waals surface area contributed by atoms with Crippen LogP contribution in [0, 0.1) is 5.82 Å². The number of halogens is 1. The van der Waals surface area contributed by atoms with E-state index in [9.17, 15) is 14.0 Å². The lowest BCUT2D eigenvalue weighted by molar-refractivity contribution is -0.144. The van der Waals surface area contributed by atoms with Gasteiger partial charge in [-0.05, 0) is 80.3 Å². The standard InChI is InChI=1S/C30H32FNO5/c1-17-27(30(34)37-22-6-4-5-7-22)28(18-8-11-21(31)12-9-18)29-23(32-17)14-20(15-24(29)33)19-10-13-25(35-2)26(16-19)36-3/h8-13,16,20,22,28,32H,4-7,14-15H2,1-3H3/t20-,28+/m1/s1. The van der Waals surface area contributed by atoms with Crippen LogP contribution in [0.4, 0.5) is 4.39 Å². The van der Waals surface area contributed by atoms with Gasteiger partial charge in [0.15, 0.2) is 17.3 Å². The van der Waals surface area contributed by atoms with Gasteiger partial charge >= 0.3 is 5.97 Å². The number of allylic oxidation sites excluding steroid dienone is 3. The van der Waals surface area contributed by atoms with Gasteiger partial charge in [0.1, 0.15) is 11.9 Å². The highest BCUT2D eigenvalue weighted by atomic mass is 19.1. The third-order valence-electron chi connectivity index (χ3n) is 7.71. The Labute approximate surface area is 216 Å². The maximum atomic E-state index is 13.8. The van der Waals surface area contributed by atoms with Gasteiger partial charge in [0.05, 0.1) is 19.8 Å². The van der Waals surface area contributed by atoms with E-state index in [1.54, 1.807) is 26.4 Å². The van der Waals surface area contributed by atoms with Crippen molar-refractivity contribution in [2.24, 2.45) is 0 Å². The molecule has 7 heteroatoms. The second-order valence-corrected chi connectivity index (χ2v) is 10.00. The van der Waals surface area contributed by atoms with Crippen LogP contribution in [-0.4, -0.2) is 32.1 Å². The van der Waals surface area contributed by atoms with Crippen molar-refractivity contribution in [1.29, 1.82) is 0 Å². The first-order valence-electron chi connectivity index (χ1n) is 12.8. The molecular formula is C30H32FNO5. The number of dihydropyridines is 1. The normalized spacial score (nSPS) is 22.0. The van der Waals surface area contributed by atoms with E-state index in [1.807, 2.05) is 25.1 Å². The number of carbonyl (C=O) groups excluding carboxylic acids is 2. The second kappa shape index (κ2) is 10.4. The topological polar surface area (TPSA) is 73.9 Å². The van der Waals surface area contributed by atoms with Crippen LogP contribution in [0.15, 0.2) is 65.0 Å². The molecule has 2 atom stereocenters. The molecule has 1 heterocycles. The zero-order valence-electron chi connectivity index (χ0n) is 21.4. The van der Waals surface area contributed by atoms with Crippen LogP contribution in [0.1, 0.15) is 68.4 Å². The Morgan fingerprint density at radius 3 is 2.30 bits per heavy atom. The number of ether oxygens (including phenoxy) is 3. The van der Waals surface area contributed by atoms with Gasteiger partial charge in [0, 0.05) is 29.3 Å². The highest BCUT2D eigenvalue weighted by Gasteiger charge is 2.42. The van der Waals surface area contributed by atoms with Crippen molar-refractivity contribution in [3.05, 3.63) is 81.9 Å². The highest BCUT2D eigenvalue weighted by Crippen LogP contribution is 2.46. The summed E-state index contributed by atoms with van der Waals surface area (Å²) in [6.07, 6.45) is 4.57. The number of ketones is 1. The Bertz CT molecular complexity index is 1270. The predicted molar refractivity (Wildman–Crippen MR) is 137 cm³/mol. The minimum absolute atomic E-state index is 0.0403. The Balaban J connectivity index is 1.52. The first-order chi connectivity index (χ1) is 17.9. The molecule has 6 nitrogen and oxygen atoms in total. The average Bonchev–Trinajstić information content (AvgIpc) is 3.40. The van der Waals surface area contributed by atoms with Gasteiger partial charge in [-0.25, -0.2) is 9.18 Å². The van der Waals surface area contributed by atoms with Gasteiger partial charge in [-0.15, -0.1) is 0 Å². The number of hydrogen-bond donors (Lipinski definition) is 1. The van der Waals surface area contributed by atoms with Crippen molar-refractivity contribution in [2.75, 3.05) is 14.2 Å². The number of hydrogen-bond acceptors (Lipinski definition) is 6. The average molecular weight is 506 g/mol. The van der Waals surface area contributed by atoms with Gasteiger partial charge in [-0.3, -0.25) is 4.79 Å². The maximum absolute atomic E-state index is 13.8. The summed E-state index contributed by atoms with van der Waals surface area (Å²) >= 11 is 0. The van der Waals surface area contributed by atoms with Crippen molar-refractivity contribution in [3.63, 3.8) is 0 Å². The minimum atomic E-state index is -0.607. The van der Waals surface area contributed by atoms with Gasteiger partial charge in [-0.2, -0.15) is 0 Å². The lowest BCUT2D eigenvalue weighted by atomic mass is 9.71. The zero-order valence-corrected chi connectivity index (χ0v) is 21.4. The molecule has 0 aromatic heterocycles. The number of rotatable bonds is 6. The third kappa shape index (κ3) is 4.87. The molecule has 1 N–H and O–H groups in total. The summed E-state index contributed by atoms with van der Waals surface area (Å²) in [5, 5.41) is 3.37. The maximum Gasteiger partial charge on any atom is 0.337 e. The van der Waals surface area contributed by atoms with E-state index >= 15 is 0 Å². The summed E-state index contributed by atoms with van der Waals surface area (Å²) in [5.41, 5.74) is 4.12. The molecule has 3 aliphatic rings. The van der Waals surface area contributed by atoms with Crippen molar-refractivity contribution in [2.45, 2.75) is 63.4 Å². The number of benzene rings is 2. The fourth-order valence-corrected chi connectivity index (χ4v) is 5.86. The number of esters is 1. The largest absolute Gasteiger partial charge is 0.493 e. The van der Waals surface area contributed by atoms with E-state index < -0.39 is 11.9 Å². The Morgan fingerprint density at radius 2 is 1.62 bits per heavy atom. The smallest absolute Gasteiger partial charge is 0.337 e. The first-order valence-corrected chi connectivity index (χ1v) is 12.8. The summed E-state index contributed by atoms with van der Waals surface area (Å²) in [6.45, 7) is 1.84. The second-order valence-electron chi connectivity index (χ2n) is 10.00. The van der Waals surface area contributed by atoms with Crippen LogP contribution in [0.5, 0.6) is 11.5 Å². The Hall–Kier alpha value is -3.61. The number of methoxy groups -OCH3 is 2. The van der Waals surface area contributed by atoms with Crippen molar-refractivity contribution in [1.82, 2.24) is 5.32 Å². The molecule has 1 aliphatic heterocycles. The molecule has 2 aromatic rings. The third-order valence-corrected chi connectivity index (χ3v) is 7.71. The summed E-state index contributed by atoms with van der Waals surface area (Å²) < 4.78 is 30.5. The molecule has 2 aliphatic carbocycles. The summed E-state index contributed by atoms with van der Waals surface area (Å²) in [5.74, 6) is -0.247. The number of Topliss-reactive ketones (excluding diaryl/α,β-unsaturated/α-hetero) is 1. The molecule has 2 aromatic carbocycles. The quantitative estimate of drug-likeness (QED) is 0.509. The van der Waals surface area contributed by atoms with Gasteiger partial charge in [-0.1, -0.05) is 18.2 Å². The monoisotopic (exact) mass is 505 g/mol. The Kier molecular flexibility index (Phi) is 7.04. The molecule has 5 rings (SSSR count). The van der Waals surface area contributed by atoms with E-state index in [0.717, 1.165) is 36.9 Å². The lowest BCUT2D eigenvalue weighted by Gasteiger charge is -2.37. The molecule has 194 valence electrons. The zero-order chi connectivity index (χ0) is 26.1. The molecule has 0 unspecified atom stereocenters. The molecule has 0 saturated heterocycles. The fraction of sp³-hybridized carbons (Fsp3) is 0.400. The van der Waals surface area contributed by atoms with Gasteiger partial charge in [0.2, 0.25) is 0 Å². The number of nitrogens with one attached hydrogen (secondary N) is 1. The SMILES string of the molecule is COc1ccc([C@H]2CC(=O)C3=C(C2)NC(C)=C(C(=O)OC2CCCC2)[C@@H]3c2ccc(F)cc2)cc1OC. The summed E-state index contributed by atoms with van der Waals surface area (Å²) in [7, 11) is 3.18. The van der Waals surface area contributed by atoms with Crippen LogP contribution < -0.4 is 14.8 Å². The van der Waals surface area contributed by atoms with Crippen molar-refractivity contribution >= 4 is 11.8 Å². The molecule has 0 bridgehead atoms. The van der Waals surface area contributed by atoms with Crippen LogP contribution in [-0.2, 0) is 14.3 Å². The molecule has 37 heavy (non-hydrogen) atoms. The first kappa shape index (κ1) is 25.1. The van der Waals surface area contributed by atoms with Crippen molar-refractivity contribution < 1.29 is 28.2 Å². The molecular weight excluding hydrogens is 473 g/mol. The highest BCUT2D eigenvalue weighted by molar-refractivity contribution is 6.04. The van der Waals surface area contributed by atoms with Crippen LogP contribution in [0.25, 0.3) is 0 Å². The predicted octanol–water partition coefficient (Wildman–Crippen LogP) is 5.69. The fourth-order valence-electron chi connectivity index (χ4n) is 5.86. The molecule has 0 amide bonds. The van der Waals surface area contributed by atoms with E-state index in [4.69, 9.17) is 14.2 Å². The lowest BCUT2D eigenvalue weighted by Crippen LogP contribution is -2.36.